The normalized spacial score (nSPS) is 13.3. The summed E-state index contributed by atoms with van der Waals surface area (Å²) < 4.78 is 37.3. The highest BCUT2D eigenvalue weighted by atomic mass is 19.4. The molecule has 0 bridgehead atoms. The van der Waals surface area contributed by atoms with E-state index in [1.54, 1.807) is 23.8 Å². The second-order valence-corrected chi connectivity index (χ2v) is 9.14. The van der Waals surface area contributed by atoms with Crippen molar-refractivity contribution >= 4 is 5.97 Å². The Bertz CT molecular complexity index is 1350. The fraction of sp³-hybridized carbons (Fsp3) is 0.194. The number of alkyl halides is 3. The van der Waals surface area contributed by atoms with E-state index in [4.69, 9.17) is 5.11 Å². The van der Waals surface area contributed by atoms with E-state index >= 15 is 0 Å². The van der Waals surface area contributed by atoms with Crippen LogP contribution in [-0.2, 0) is 25.7 Å². The Morgan fingerprint density at radius 3 is 2.22 bits per heavy atom. The molecule has 5 rings (SSSR count). The van der Waals surface area contributed by atoms with Crippen molar-refractivity contribution in [2.45, 2.75) is 32.6 Å². The average molecular weight is 504 g/mol. The van der Waals surface area contributed by atoms with Crippen LogP contribution in [0.15, 0.2) is 97.1 Å². The molecule has 0 radical (unpaired) electrons. The van der Waals surface area contributed by atoms with Gasteiger partial charge in [-0.15, -0.1) is 0 Å². The summed E-state index contributed by atoms with van der Waals surface area (Å²) >= 11 is 0. The van der Waals surface area contributed by atoms with E-state index in [0.717, 1.165) is 25.2 Å². The lowest BCUT2D eigenvalue weighted by Gasteiger charge is -2.29. The van der Waals surface area contributed by atoms with E-state index in [9.17, 15) is 18.0 Å². The number of carboxylic acid groups (broad SMARTS) is 1. The summed E-state index contributed by atoms with van der Waals surface area (Å²) in [6.07, 6.45) is -3.21. The zero-order valence-electron chi connectivity index (χ0n) is 20.5. The molecule has 37 heavy (non-hydrogen) atoms. The third-order valence-corrected chi connectivity index (χ3v) is 6.38. The molecule has 0 saturated heterocycles. The van der Waals surface area contributed by atoms with Gasteiger partial charge in [0.15, 0.2) is 0 Å². The number of carboxylic acids is 1. The predicted molar refractivity (Wildman–Crippen MR) is 139 cm³/mol. The number of fused-ring (bicyclic) bond motifs is 1. The molecule has 6 heteroatoms. The lowest BCUT2D eigenvalue weighted by atomic mass is 9.97. The first-order valence-corrected chi connectivity index (χ1v) is 12.1. The summed E-state index contributed by atoms with van der Waals surface area (Å²) in [5.41, 5.74) is 5.96. The van der Waals surface area contributed by atoms with Crippen LogP contribution in [0.1, 0.15) is 38.2 Å². The van der Waals surface area contributed by atoms with Crippen molar-refractivity contribution in [2.24, 2.45) is 0 Å². The molecule has 1 heterocycles. The smallest absolute Gasteiger partial charge is 0.416 e. The number of nitrogens with zero attached hydrogens (tertiary/aromatic N) is 1. The summed E-state index contributed by atoms with van der Waals surface area (Å²) in [7, 11) is 0. The molecule has 1 N–H and O–H groups in total. The molecular formula is C31H28F3NO2. The van der Waals surface area contributed by atoms with Crippen LogP contribution >= 0.6 is 0 Å². The lowest BCUT2D eigenvalue weighted by molar-refractivity contribution is -0.137. The number of benzene rings is 4. The first-order chi connectivity index (χ1) is 17.7. The quantitative estimate of drug-likeness (QED) is 0.311. The Morgan fingerprint density at radius 2 is 1.54 bits per heavy atom. The highest BCUT2D eigenvalue weighted by Crippen LogP contribution is 2.31. The van der Waals surface area contributed by atoms with Crippen LogP contribution in [0.25, 0.3) is 11.1 Å². The minimum Gasteiger partial charge on any atom is -0.478 e. The van der Waals surface area contributed by atoms with Crippen molar-refractivity contribution in [3.63, 3.8) is 0 Å². The molecule has 0 spiro atoms. The van der Waals surface area contributed by atoms with Gasteiger partial charge in [-0.2, -0.15) is 13.2 Å². The Balaban J connectivity index is 0.000000173. The molecule has 0 aliphatic carbocycles. The third kappa shape index (κ3) is 6.86. The summed E-state index contributed by atoms with van der Waals surface area (Å²) in [5.74, 6) is -1.12. The summed E-state index contributed by atoms with van der Waals surface area (Å²) in [6.45, 7) is 5.50. The van der Waals surface area contributed by atoms with Gasteiger partial charge in [-0.05, 0) is 59.4 Å². The van der Waals surface area contributed by atoms with Gasteiger partial charge in [0, 0.05) is 19.6 Å². The van der Waals surface area contributed by atoms with Crippen molar-refractivity contribution in [3.8, 4) is 11.1 Å². The molecule has 0 unspecified atom stereocenters. The second kappa shape index (κ2) is 11.4. The number of aryl methyl sites for hydroxylation is 1. The Morgan fingerprint density at radius 1 is 0.865 bits per heavy atom. The Kier molecular flexibility index (Phi) is 8.09. The van der Waals surface area contributed by atoms with Gasteiger partial charge in [-0.1, -0.05) is 84.4 Å². The standard InChI is InChI=1S/C17H19N.C14H9F3O2/c1-14-7-8-17-13-18(10-9-16(17)11-14)12-15-5-3-2-4-6-15;15-14(16,17)10-7-5-9(6-8-10)11-3-1-2-4-12(11)13(18)19/h2-8,11H,9-10,12-13H2,1H3;1-8H,(H,18,19). The predicted octanol–water partition coefficient (Wildman–Crippen LogP) is 7.62. The molecule has 3 nitrogen and oxygen atoms in total. The minimum atomic E-state index is -4.40. The van der Waals surface area contributed by atoms with Gasteiger partial charge >= 0.3 is 12.1 Å². The second-order valence-electron chi connectivity index (χ2n) is 9.14. The van der Waals surface area contributed by atoms with Gasteiger partial charge < -0.3 is 5.11 Å². The first-order valence-electron chi connectivity index (χ1n) is 12.1. The molecule has 0 saturated carbocycles. The molecule has 0 fully saturated rings. The van der Waals surface area contributed by atoms with Crippen LogP contribution in [0.5, 0.6) is 0 Å². The van der Waals surface area contributed by atoms with Crippen molar-refractivity contribution in [1.29, 1.82) is 0 Å². The minimum absolute atomic E-state index is 0.0576. The van der Waals surface area contributed by atoms with Gasteiger partial charge in [-0.25, -0.2) is 4.79 Å². The van der Waals surface area contributed by atoms with Crippen LogP contribution in [0.4, 0.5) is 13.2 Å². The molecule has 190 valence electrons. The number of halogens is 3. The van der Waals surface area contributed by atoms with E-state index in [2.05, 4.69) is 60.4 Å². The highest BCUT2D eigenvalue weighted by Gasteiger charge is 2.30. The van der Waals surface area contributed by atoms with E-state index in [1.807, 2.05) is 0 Å². The zero-order valence-corrected chi connectivity index (χ0v) is 20.5. The first kappa shape index (κ1) is 26.2. The third-order valence-electron chi connectivity index (χ3n) is 6.38. The molecule has 4 aromatic rings. The van der Waals surface area contributed by atoms with Crippen molar-refractivity contribution < 1.29 is 23.1 Å². The Labute approximate surface area is 214 Å². The van der Waals surface area contributed by atoms with Gasteiger partial charge in [0.05, 0.1) is 11.1 Å². The van der Waals surface area contributed by atoms with Crippen LogP contribution in [0.3, 0.4) is 0 Å². The van der Waals surface area contributed by atoms with Gasteiger partial charge in [-0.3, -0.25) is 4.90 Å². The SMILES string of the molecule is Cc1ccc2c(c1)CCN(Cc1ccccc1)C2.O=C(O)c1ccccc1-c1ccc(C(F)(F)F)cc1. The van der Waals surface area contributed by atoms with Crippen LogP contribution in [0.2, 0.25) is 0 Å². The van der Waals surface area contributed by atoms with Crippen molar-refractivity contribution in [1.82, 2.24) is 4.90 Å². The number of hydrogen-bond acceptors (Lipinski definition) is 2. The maximum atomic E-state index is 12.4. The lowest BCUT2D eigenvalue weighted by Crippen LogP contribution is -2.30. The molecule has 0 aromatic heterocycles. The van der Waals surface area contributed by atoms with E-state index < -0.39 is 17.7 Å². The number of carbonyl (C=O) groups is 1. The van der Waals surface area contributed by atoms with Crippen LogP contribution in [0, 0.1) is 6.92 Å². The van der Waals surface area contributed by atoms with E-state index in [0.29, 0.717) is 11.1 Å². The monoisotopic (exact) mass is 503 g/mol. The number of rotatable bonds is 4. The zero-order chi connectivity index (χ0) is 26.4. The number of hydrogen-bond donors (Lipinski definition) is 1. The van der Waals surface area contributed by atoms with Crippen LogP contribution < -0.4 is 0 Å². The topological polar surface area (TPSA) is 40.5 Å². The average Bonchev–Trinajstić information content (AvgIpc) is 2.89. The molecule has 1 aliphatic rings. The molecule has 1 aliphatic heterocycles. The fourth-order valence-electron chi connectivity index (χ4n) is 4.48. The summed E-state index contributed by atoms with van der Waals surface area (Å²) in [5, 5.41) is 9.03. The highest BCUT2D eigenvalue weighted by molar-refractivity contribution is 5.96. The van der Waals surface area contributed by atoms with Crippen molar-refractivity contribution in [2.75, 3.05) is 6.54 Å². The van der Waals surface area contributed by atoms with Gasteiger partial charge in [0.1, 0.15) is 0 Å². The fourth-order valence-corrected chi connectivity index (χ4v) is 4.48. The van der Waals surface area contributed by atoms with Gasteiger partial charge in [0.2, 0.25) is 0 Å². The molecule has 4 aromatic carbocycles. The molecular weight excluding hydrogens is 475 g/mol. The number of aromatic carboxylic acids is 1. The van der Waals surface area contributed by atoms with Crippen LogP contribution in [-0.4, -0.2) is 22.5 Å². The van der Waals surface area contributed by atoms with Crippen molar-refractivity contribution in [3.05, 3.63) is 130 Å². The van der Waals surface area contributed by atoms with E-state index in [-0.39, 0.29) is 5.56 Å². The van der Waals surface area contributed by atoms with Gasteiger partial charge in [0.25, 0.3) is 0 Å². The summed E-state index contributed by atoms with van der Waals surface area (Å²) in [6, 6.07) is 28.2. The molecule has 0 atom stereocenters. The maximum absolute atomic E-state index is 12.4. The van der Waals surface area contributed by atoms with E-state index in [1.165, 1.54) is 47.9 Å². The maximum Gasteiger partial charge on any atom is 0.416 e. The largest absolute Gasteiger partial charge is 0.478 e. The molecule has 0 amide bonds. The summed E-state index contributed by atoms with van der Waals surface area (Å²) in [4.78, 5) is 13.6. The Hall–Kier alpha value is -3.90.